The average molecular weight is 392 g/mol. The molecule has 0 bridgehead atoms. The van der Waals surface area contributed by atoms with Gasteiger partial charge in [0.1, 0.15) is 43.9 Å². The lowest BCUT2D eigenvalue weighted by atomic mass is 10.2. The molecule has 0 radical (unpaired) electrons. The zero-order valence-corrected chi connectivity index (χ0v) is 15.9. The van der Waals surface area contributed by atoms with Gasteiger partial charge >= 0.3 is 0 Å². The van der Waals surface area contributed by atoms with Gasteiger partial charge in [0.25, 0.3) is 0 Å². The highest BCUT2D eigenvalue weighted by Gasteiger charge is 2.14. The highest BCUT2D eigenvalue weighted by Crippen LogP contribution is 2.35. The van der Waals surface area contributed by atoms with Crippen LogP contribution in [0, 0.1) is 6.92 Å². The number of benzene rings is 2. The first-order chi connectivity index (χ1) is 14.2. The molecule has 0 saturated carbocycles. The fourth-order valence-electron chi connectivity index (χ4n) is 3.23. The van der Waals surface area contributed by atoms with Gasteiger partial charge in [0, 0.05) is 29.6 Å². The third kappa shape index (κ3) is 3.82. The van der Waals surface area contributed by atoms with Gasteiger partial charge in [0.2, 0.25) is 0 Å². The number of nitrogens with zero attached hydrogens (tertiary/aromatic N) is 2. The molecule has 2 aliphatic rings. The number of aromatic nitrogens is 2. The quantitative estimate of drug-likeness (QED) is 0.693. The highest BCUT2D eigenvalue weighted by atomic mass is 16.6. The minimum absolute atomic E-state index is 0.548. The lowest BCUT2D eigenvalue weighted by Crippen LogP contribution is -2.15. The molecule has 0 saturated heterocycles. The third-order valence-electron chi connectivity index (χ3n) is 4.47. The first kappa shape index (κ1) is 17.4. The molecular weight excluding hydrogens is 372 g/mol. The van der Waals surface area contributed by atoms with Crippen LogP contribution >= 0.6 is 0 Å². The molecule has 2 aliphatic heterocycles. The van der Waals surface area contributed by atoms with Crippen LogP contribution in [0.2, 0.25) is 0 Å². The number of ether oxygens (including phenoxy) is 4. The fourth-order valence-corrected chi connectivity index (χ4v) is 3.23. The molecule has 0 spiro atoms. The Morgan fingerprint density at radius 3 is 1.55 bits per heavy atom. The Labute approximate surface area is 167 Å². The van der Waals surface area contributed by atoms with Gasteiger partial charge in [0.15, 0.2) is 23.0 Å². The number of fused-ring (bicyclic) bond motifs is 2. The molecular formula is C21H20N4O4. The molecule has 8 heteroatoms. The summed E-state index contributed by atoms with van der Waals surface area (Å²) >= 11 is 0. The fraction of sp³-hybridized carbons (Fsp3) is 0.238. The van der Waals surface area contributed by atoms with E-state index in [0.29, 0.717) is 43.9 Å². The van der Waals surface area contributed by atoms with Gasteiger partial charge in [-0.3, -0.25) is 0 Å². The second kappa shape index (κ2) is 7.38. The summed E-state index contributed by atoms with van der Waals surface area (Å²) in [6.07, 6.45) is 0. The van der Waals surface area contributed by atoms with E-state index in [-0.39, 0.29) is 0 Å². The van der Waals surface area contributed by atoms with Crippen LogP contribution in [-0.2, 0) is 0 Å². The second-order valence-corrected chi connectivity index (χ2v) is 6.65. The lowest BCUT2D eigenvalue weighted by Gasteiger charge is -2.19. The summed E-state index contributed by atoms with van der Waals surface area (Å²) in [5.41, 5.74) is 1.72. The first-order valence-electron chi connectivity index (χ1n) is 9.42. The van der Waals surface area contributed by atoms with Crippen molar-refractivity contribution in [2.24, 2.45) is 0 Å². The van der Waals surface area contributed by atoms with E-state index in [1.165, 1.54) is 0 Å². The van der Waals surface area contributed by atoms with Crippen molar-refractivity contribution in [3.05, 3.63) is 48.3 Å². The molecule has 0 unspecified atom stereocenters. The SMILES string of the molecule is Cc1nc(Nc2ccc3c(c2)OCCO3)cc(Nc2ccc3c(c2)OCCO3)n1. The Hall–Kier alpha value is -3.68. The van der Waals surface area contributed by atoms with Crippen LogP contribution in [0.4, 0.5) is 23.0 Å². The molecule has 0 atom stereocenters. The van der Waals surface area contributed by atoms with Crippen molar-refractivity contribution in [2.75, 3.05) is 37.1 Å². The molecule has 8 nitrogen and oxygen atoms in total. The molecule has 3 aromatic rings. The summed E-state index contributed by atoms with van der Waals surface area (Å²) in [6, 6.07) is 13.3. The van der Waals surface area contributed by atoms with Crippen molar-refractivity contribution in [3.63, 3.8) is 0 Å². The molecule has 5 rings (SSSR count). The van der Waals surface area contributed by atoms with Crippen molar-refractivity contribution in [1.29, 1.82) is 0 Å². The normalized spacial score (nSPS) is 14.2. The molecule has 3 heterocycles. The van der Waals surface area contributed by atoms with Gasteiger partial charge in [-0.2, -0.15) is 0 Å². The summed E-state index contributed by atoms with van der Waals surface area (Å²) in [6.45, 7) is 4.09. The van der Waals surface area contributed by atoms with Crippen molar-refractivity contribution < 1.29 is 18.9 Å². The zero-order valence-electron chi connectivity index (χ0n) is 15.9. The summed E-state index contributed by atoms with van der Waals surface area (Å²) in [7, 11) is 0. The summed E-state index contributed by atoms with van der Waals surface area (Å²) < 4.78 is 22.4. The van der Waals surface area contributed by atoms with E-state index < -0.39 is 0 Å². The van der Waals surface area contributed by atoms with Crippen molar-refractivity contribution in [1.82, 2.24) is 9.97 Å². The summed E-state index contributed by atoms with van der Waals surface area (Å²) in [5, 5.41) is 6.60. The van der Waals surface area contributed by atoms with Crippen LogP contribution in [-0.4, -0.2) is 36.4 Å². The van der Waals surface area contributed by atoms with Gasteiger partial charge in [-0.15, -0.1) is 0 Å². The highest BCUT2D eigenvalue weighted by molar-refractivity contribution is 5.67. The molecule has 29 heavy (non-hydrogen) atoms. The van der Waals surface area contributed by atoms with Crippen LogP contribution in [0.1, 0.15) is 5.82 Å². The van der Waals surface area contributed by atoms with Crippen LogP contribution in [0.5, 0.6) is 23.0 Å². The molecule has 1 aromatic heterocycles. The van der Waals surface area contributed by atoms with E-state index in [4.69, 9.17) is 18.9 Å². The zero-order chi connectivity index (χ0) is 19.6. The van der Waals surface area contributed by atoms with Gasteiger partial charge in [0.05, 0.1) is 0 Å². The molecule has 2 N–H and O–H groups in total. The smallest absolute Gasteiger partial charge is 0.163 e. The molecule has 2 aromatic carbocycles. The predicted molar refractivity (Wildman–Crippen MR) is 108 cm³/mol. The van der Waals surface area contributed by atoms with Crippen LogP contribution in [0.15, 0.2) is 42.5 Å². The Morgan fingerprint density at radius 2 is 1.07 bits per heavy atom. The number of anilines is 4. The molecule has 0 fully saturated rings. The van der Waals surface area contributed by atoms with E-state index >= 15 is 0 Å². The van der Waals surface area contributed by atoms with Gasteiger partial charge in [-0.25, -0.2) is 9.97 Å². The average Bonchev–Trinajstić information content (AvgIpc) is 2.73. The topological polar surface area (TPSA) is 86.8 Å². The summed E-state index contributed by atoms with van der Waals surface area (Å²) in [5.74, 6) is 4.95. The van der Waals surface area contributed by atoms with E-state index in [0.717, 1.165) is 34.4 Å². The van der Waals surface area contributed by atoms with Crippen molar-refractivity contribution in [3.8, 4) is 23.0 Å². The largest absolute Gasteiger partial charge is 0.486 e. The first-order valence-corrected chi connectivity index (χ1v) is 9.42. The summed E-state index contributed by atoms with van der Waals surface area (Å²) in [4.78, 5) is 8.95. The predicted octanol–water partition coefficient (Wildman–Crippen LogP) is 3.81. The van der Waals surface area contributed by atoms with Crippen LogP contribution in [0.25, 0.3) is 0 Å². The molecule has 0 aliphatic carbocycles. The molecule has 0 amide bonds. The minimum Gasteiger partial charge on any atom is -0.486 e. The van der Waals surface area contributed by atoms with Gasteiger partial charge in [-0.05, 0) is 31.2 Å². The number of rotatable bonds is 4. The van der Waals surface area contributed by atoms with E-state index in [1.54, 1.807) is 0 Å². The number of nitrogens with one attached hydrogen (secondary N) is 2. The maximum atomic E-state index is 5.64. The Balaban J connectivity index is 1.36. The van der Waals surface area contributed by atoms with Gasteiger partial charge in [-0.1, -0.05) is 0 Å². The number of hydrogen-bond donors (Lipinski definition) is 2. The van der Waals surface area contributed by atoms with E-state index in [1.807, 2.05) is 49.4 Å². The lowest BCUT2D eigenvalue weighted by molar-refractivity contribution is 0.171. The second-order valence-electron chi connectivity index (χ2n) is 6.65. The van der Waals surface area contributed by atoms with Crippen LogP contribution < -0.4 is 29.6 Å². The van der Waals surface area contributed by atoms with Crippen molar-refractivity contribution >= 4 is 23.0 Å². The maximum absolute atomic E-state index is 5.64. The molecule has 148 valence electrons. The van der Waals surface area contributed by atoms with E-state index in [2.05, 4.69) is 20.6 Å². The van der Waals surface area contributed by atoms with Crippen LogP contribution in [0.3, 0.4) is 0 Å². The number of hydrogen-bond acceptors (Lipinski definition) is 8. The Bertz CT molecular complexity index is 977. The maximum Gasteiger partial charge on any atom is 0.163 e. The van der Waals surface area contributed by atoms with Crippen molar-refractivity contribution in [2.45, 2.75) is 6.92 Å². The monoisotopic (exact) mass is 392 g/mol. The van der Waals surface area contributed by atoms with E-state index in [9.17, 15) is 0 Å². The van der Waals surface area contributed by atoms with Gasteiger partial charge < -0.3 is 29.6 Å². The minimum atomic E-state index is 0.548. The standard InChI is InChI=1S/C21H20N4O4/c1-13-22-20(24-14-2-4-16-18(10-14)28-8-6-26-16)12-21(23-13)25-15-3-5-17-19(11-15)29-9-7-27-17/h2-5,10-12H,6-9H2,1H3,(H2,22,23,24,25). The Kier molecular flexibility index (Phi) is 4.44. The Morgan fingerprint density at radius 1 is 0.621 bits per heavy atom. The third-order valence-corrected chi connectivity index (χ3v) is 4.47. The number of aryl methyl sites for hydroxylation is 1.